The highest BCUT2D eigenvalue weighted by atomic mass is 16.3. The summed E-state index contributed by atoms with van der Waals surface area (Å²) in [6, 6.07) is 14.1. The maximum absolute atomic E-state index is 14.0. The van der Waals surface area contributed by atoms with Gasteiger partial charge in [-0.2, -0.15) is 0 Å². The van der Waals surface area contributed by atoms with Crippen molar-refractivity contribution in [2.45, 2.75) is 85.4 Å². The lowest BCUT2D eigenvalue weighted by atomic mass is 9.66. The average molecular weight is 615 g/mol. The first-order valence-corrected chi connectivity index (χ1v) is 16.6. The number of carbonyl (C=O) groups is 2. The standard InChI is InChI=1S/C38H50N2O5/c1-23(2)30-20-31-35(38(45)40(37(31)44)29-13-15-39(16-14-29)21-27-9-7-6-8-10-27)32(22-41)34(30)33(42)12-11-24(3)17-28-18-25(4)36(43)26(5)19-28/h6-10,17-19,23,29,31-33,35,41-43H,11-16,20-22H2,1-5H3/b24-17+/t31-,32+,33-,35-/m1/s1. The molecule has 4 atom stereocenters. The Morgan fingerprint density at radius 3 is 2.27 bits per heavy atom. The number of rotatable bonds is 10. The first-order chi connectivity index (χ1) is 21.5. The molecule has 0 saturated carbocycles. The predicted octanol–water partition coefficient (Wildman–Crippen LogP) is 5.78. The second-order valence-electron chi connectivity index (χ2n) is 13.8. The van der Waals surface area contributed by atoms with Crippen molar-refractivity contribution in [3.05, 3.63) is 81.4 Å². The molecule has 0 bridgehead atoms. The Morgan fingerprint density at radius 1 is 1.02 bits per heavy atom. The molecule has 2 aromatic rings. The van der Waals surface area contributed by atoms with Crippen LogP contribution in [0.25, 0.3) is 6.08 Å². The lowest BCUT2D eigenvalue weighted by Crippen LogP contribution is -2.47. The summed E-state index contributed by atoms with van der Waals surface area (Å²) in [6.07, 6.45) is 4.32. The molecule has 0 spiro atoms. The number of fused-ring (bicyclic) bond motifs is 1. The monoisotopic (exact) mass is 614 g/mol. The number of aliphatic hydroxyl groups is 2. The summed E-state index contributed by atoms with van der Waals surface area (Å²) in [6.45, 7) is 12.2. The highest BCUT2D eigenvalue weighted by molar-refractivity contribution is 6.06. The van der Waals surface area contributed by atoms with Crippen LogP contribution in [0.2, 0.25) is 0 Å². The Kier molecular flexibility index (Phi) is 10.3. The summed E-state index contributed by atoms with van der Waals surface area (Å²) in [5.41, 5.74) is 6.78. The van der Waals surface area contributed by atoms with E-state index in [1.165, 1.54) is 5.56 Å². The lowest BCUT2D eigenvalue weighted by molar-refractivity contribution is -0.144. The summed E-state index contributed by atoms with van der Waals surface area (Å²) in [4.78, 5) is 31.8. The largest absolute Gasteiger partial charge is 0.507 e. The number of hydrogen-bond acceptors (Lipinski definition) is 6. The van der Waals surface area contributed by atoms with Gasteiger partial charge in [-0.1, -0.05) is 61.4 Å². The van der Waals surface area contributed by atoms with Gasteiger partial charge in [0.1, 0.15) is 5.75 Å². The molecule has 2 fully saturated rings. The zero-order valence-corrected chi connectivity index (χ0v) is 27.5. The van der Waals surface area contributed by atoms with Crippen LogP contribution in [0.3, 0.4) is 0 Å². The van der Waals surface area contributed by atoms with E-state index < -0.39 is 23.9 Å². The molecule has 242 valence electrons. The van der Waals surface area contributed by atoms with Crippen LogP contribution in [0.1, 0.15) is 75.1 Å². The minimum absolute atomic E-state index is 0.0856. The Hall–Kier alpha value is -3.26. The van der Waals surface area contributed by atoms with Gasteiger partial charge < -0.3 is 15.3 Å². The second kappa shape index (κ2) is 14.0. The van der Waals surface area contributed by atoms with Gasteiger partial charge in [-0.05, 0) is 98.8 Å². The smallest absolute Gasteiger partial charge is 0.234 e. The maximum Gasteiger partial charge on any atom is 0.234 e. The van der Waals surface area contributed by atoms with Crippen molar-refractivity contribution in [2.24, 2.45) is 23.7 Å². The van der Waals surface area contributed by atoms with Crippen molar-refractivity contribution in [1.29, 1.82) is 0 Å². The number of imide groups is 1. The number of amides is 2. The van der Waals surface area contributed by atoms with Crippen LogP contribution in [0.4, 0.5) is 0 Å². The third kappa shape index (κ3) is 6.96. The van der Waals surface area contributed by atoms with Crippen molar-refractivity contribution in [2.75, 3.05) is 19.7 Å². The Morgan fingerprint density at radius 2 is 1.67 bits per heavy atom. The number of nitrogens with zero attached hydrogens (tertiary/aromatic N) is 2. The number of hydrogen-bond donors (Lipinski definition) is 3. The number of allylic oxidation sites excluding steroid dienone is 2. The van der Waals surface area contributed by atoms with E-state index in [1.807, 2.05) is 51.1 Å². The van der Waals surface area contributed by atoms with Gasteiger partial charge in [0, 0.05) is 31.6 Å². The number of aryl methyl sites for hydroxylation is 2. The fourth-order valence-corrected chi connectivity index (χ4v) is 7.96. The second-order valence-corrected chi connectivity index (χ2v) is 13.8. The highest BCUT2D eigenvalue weighted by Crippen LogP contribution is 2.49. The SMILES string of the molecule is C/C(=C\c1cc(C)c(O)c(C)c1)CC[C@@H](O)C1=C(C(C)C)C[C@H]2C(=O)N(C3CCN(Cc4ccccc4)CC3)C(=O)[C@H]2[C@H]1CO. The van der Waals surface area contributed by atoms with Crippen LogP contribution in [0.5, 0.6) is 5.75 Å². The van der Waals surface area contributed by atoms with Crippen LogP contribution in [0.15, 0.2) is 59.2 Å². The molecule has 2 saturated heterocycles. The van der Waals surface area contributed by atoms with E-state index in [1.54, 1.807) is 4.90 Å². The summed E-state index contributed by atoms with van der Waals surface area (Å²) < 4.78 is 0. The van der Waals surface area contributed by atoms with Crippen molar-refractivity contribution >= 4 is 17.9 Å². The van der Waals surface area contributed by atoms with Gasteiger partial charge in [0.15, 0.2) is 0 Å². The van der Waals surface area contributed by atoms with Crippen LogP contribution < -0.4 is 0 Å². The number of likely N-dealkylation sites (tertiary alicyclic amines) is 2. The quantitative estimate of drug-likeness (QED) is 0.232. The third-order valence-corrected chi connectivity index (χ3v) is 10.3. The number of aromatic hydroxyl groups is 1. The van der Waals surface area contributed by atoms with E-state index in [4.69, 9.17) is 0 Å². The number of phenolic OH excluding ortho intramolecular Hbond substituents is 1. The molecule has 5 rings (SSSR count). The van der Waals surface area contributed by atoms with Crippen LogP contribution in [-0.4, -0.2) is 68.8 Å². The molecular weight excluding hydrogens is 564 g/mol. The van der Waals surface area contributed by atoms with Crippen molar-refractivity contribution < 1.29 is 24.9 Å². The number of aliphatic hydroxyl groups excluding tert-OH is 2. The van der Waals surface area contributed by atoms with E-state index in [0.29, 0.717) is 25.0 Å². The molecule has 3 N–H and O–H groups in total. The normalized spacial score (nSPS) is 24.1. The van der Waals surface area contributed by atoms with Gasteiger partial charge in [0.05, 0.1) is 24.5 Å². The molecule has 2 heterocycles. The van der Waals surface area contributed by atoms with E-state index in [0.717, 1.165) is 65.9 Å². The molecule has 45 heavy (non-hydrogen) atoms. The summed E-state index contributed by atoms with van der Waals surface area (Å²) >= 11 is 0. The first kappa shape index (κ1) is 33.1. The first-order valence-electron chi connectivity index (χ1n) is 16.6. The van der Waals surface area contributed by atoms with Crippen LogP contribution in [0, 0.1) is 37.5 Å². The number of benzene rings is 2. The van der Waals surface area contributed by atoms with Crippen LogP contribution >= 0.6 is 0 Å². The predicted molar refractivity (Wildman–Crippen MR) is 177 cm³/mol. The Bertz CT molecular complexity index is 1430. The third-order valence-electron chi connectivity index (χ3n) is 10.3. The van der Waals surface area contributed by atoms with Gasteiger partial charge in [0.25, 0.3) is 0 Å². The number of phenols is 1. The van der Waals surface area contributed by atoms with Gasteiger partial charge in [-0.3, -0.25) is 19.4 Å². The molecule has 2 amide bonds. The van der Waals surface area contributed by atoms with Crippen molar-refractivity contribution in [3.8, 4) is 5.75 Å². The average Bonchev–Trinajstić information content (AvgIpc) is 3.27. The minimum atomic E-state index is -0.815. The zero-order chi connectivity index (χ0) is 32.4. The van der Waals surface area contributed by atoms with Crippen molar-refractivity contribution in [1.82, 2.24) is 9.80 Å². The van der Waals surface area contributed by atoms with Crippen molar-refractivity contribution in [3.63, 3.8) is 0 Å². The summed E-state index contributed by atoms with van der Waals surface area (Å²) in [5, 5.41) is 32.5. The molecule has 7 heteroatoms. The Balaban J connectivity index is 1.29. The molecule has 0 aromatic heterocycles. The van der Waals surface area contributed by atoms with Crippen LogP contribution in [-0.2, 0) is 16.1 Å². The number of piperidine rings is 1. The fourth-order valence-electron chi connectivity index (χ4n) is 7.96. The topological polar surface area (TPSA) is 101 Å². The molecule has 0 radical (unpaired) electrons. The number of carbonyl (C=O) groups excluding carboxylic acids is 2. The molecular formula is C38H50N2O5. The van der Waals surface area contributed by atoms with E-state index in [9.17, 15) is 24.9 Å². The fraction of sp³-hybridized carbons (Fsp3) is 0.526. The highest BCUT2D eigenvalue weighted by Gasteiger charge is 2.56. The molecule has 1 aliphatic carbocycles. The molecule has 3 aliphatic rings. The van der Waals surface area contributed by atoms with Gasteiger partial charge in [-0.25, -0.2) is 0 Å². The van der Waals surface area contributed by atoms with E-state index in [2.05, 4.69) is 37.0 Å². The molecule has 2 aromatic carbocycles. The minimum Gasteiger partial charge on any atom is -0.507 e. The van der Waals surface area contributed by atoms with E-state index in [-0.39, 0.29) is 30.4 Å². The Labute approximate surface area is 268 Å². The van der Waals surface area contributed by atoms with Gasteiger partial charge in [0.2, 0.25) is 11.8 Å². The van der Waals surface area contributed by atoms with E-state index >= 15 is 0 Å². The van der Waals surface area contributed by atoms with Gasteiger partial charge in [-0.15, -0.1) is 0 Å². The zero-order valence-electron chi connectivity index (χ0n) is 27.5. The molecule has 0 unspecified atom stereocenters. The van der Waals surface area contributed by atoms with Gasteiger partial charge >= 0.3 is 0 Å². The summed E-state index contributed by atoms with van der Waals surface area (Å²) in [5.74, 6) is -1.55. The maximum atomic E-state index is 14.0. The molecule has 7 nitrogen and oxygen atoms in total. The lowest BCUT2D eigenvalue weighted by Gasteiger charge is -2.38. The molecule has 2 aliphatic heterocycles. The summed E-state index contributed by atoms with van der Waals surface area (Å²) in [7, 11) is 0.